The van der Waals surface area contributed by atoms with Gasteiger partial charge in [-0.3, -0.25) is 0 Å². The van der Waals surface area contributed by atoms with Crippen molar-refractivity contribution in [2.45, 2.75) is 30.5 Å². The molecule has 2 aromatic rings. The lowest BCUT2D eigenvalue weighted by Crippen LogP contribution is -2.35. The van der Waals surface area contributed by atoms with Crippen molar-refractivity contribution in [3.8, 4) is 11.4 Å². The third kappa shape index (κ3) is 5.67. The average molecular weight is 429 g/mol. The van der Waals surface area contributed by atoms with E-state index < -0.39 is 3.79 Å². The Balaban J connectivity index is 1.77. The first-order chi connectivity index (χ1) is 12.8. The third-order valence-corrected chi connectivity index (χ3v) is 5.41. The minimum atomic E-state index is -1.70. The lowest BCUT2D eigenvalue weighted by molar-refractivity contribution is 0.198. The maximum Gasteiger partial charge on any atom is 0.250 e. The fraction of sp³-hybridized carbons (Fsp3) is 0.526. The Bertz CT molecular complexity index is 753. The maximum absolute atomic E-state index is 6.04. The molecule has 27 heavy (non-hydrogen) atoms. The molecule has 8 heteroatoms. The van der Waals surface area contributed by atoms with E-state index in [0.29, 0.717) is 17.7 Å². The van der Waals surface area contributed by atoms with Crippen LogP contribution in [-0.2, 0) is 3.79 Å². The van der Waals surface area contributed by atoms with Crippen molar-refractivity contribution < 1.29 is 0 Å². The van der Waals surface area contributed by atoms with Gasteiger partial charge in [-0.05, 0) is 45.3 Å². The van der Waals surface area contributed by atoms with Crippen molar-refractivity contribution in [3.63, 3.8) is 0 Å². The van der Waals surface area contributed by atoms with Crippen molar-refractivity contribution in [1.82, 2.24) is 19.9 Å². The van der Waals surface area contributed by atoms with Crippen molar-refractivity contribution in [2.75, 3.05) is 31.5 Å². The van der Waals surface area contributed by atoms with Crippen LogP contribution >= 0.6 is 34.8 Å². The van der Waals surface area contributed by atoms with Crippen LogP contribution in [0.25, 0.3) is 11.4 Å². The lowest BCUT2D eigenvalue weighted by Gasteiger charge is -2.31. The van der Waals surface area contributed by atoms with Gasteiger partial charge in [-0.25, -0.2) is 4.98 Å². The first-order valence-corrected chi connectivity index (χ1v) is 10.3. The summed E-state index contributed by atoms with van der Waals surface area (Å²) >= 11 is 18.1. The van der Waals surface area contributed by atoms with Crippen LogP contribution in [0.4, 0.5) is 5.95 Å². The molecule has 0 spiro atoms. The number of rotatable bonds is 5. The summed E-state index contributed by atoms with van der Waals surface area (Å²) in [6.07, 6.45) is 2.32. The minimum Gasteiger partial charge on any atom is -0.354 e. The molecule has 1 aliphatic heterocycles. The molecule has 0 amide bonds. The molecule has 2 heterocycles. The van der Waals surface area contributed by atoms with Crippen molar-refractivity contribution in [2.24, 2.45) is 5.92 Å². The number of nitrogens with one attached hydrogen (secondary N) is 1. The highest BCUT2D eigenvalue weighted by atomic mass is 35.6. The highest BCUT2D eigenvalue weighted by Crippen LogP contribution is 2.36. The Kier molecular flexibility index (Phi) is 6.79. The topological polar surface area (TPSA) is 53.9 Å². The van der Waals surface area contributed by atoms with Gasteiger partial charge in [0.15, 0.2) is 11.6 Å². The molecule has 3 rings (SSSR count). The van der Waals surface area contributed by atoms with Crippen LogP contribution in [0.15, 0.2) is 24.3 Å². The lowest BCUT2D eigenvalue weighted by atomic mass is 9.97. The zero-order valence-electron chi connectivity index (χ0n) is 15.6. The number of halogens is 3. The summed E-state index contributed by atoms with van der Waals surface area (Å²) in [5.74, 6) is 1.65. The van der Waals surface area contributed by atoms with E-state index in [2.05, 4.69) is 32.1 Å². The molecule has 0 aliphatic carbocycles. The van der Waals surface area contributed by atoms with Gasteiger partial charge in [0.05, 0.1) is 0 Å². The highest BCUT2D eigenvalue weighted by Gasteiger charge is 2.29. The van der Waals surface area contributed by atoms with E-state index in [-0.39, 0.29) is 5.82 Å². The summed E-state index contributed by atoms with van der Waals surface area (Å²) in [6.45, 7) is 8.41. The molecular formula is C19H24Cl3N5. The van der Waals surface area contributed by atoms with E-state index in [1.165, 1.54) is 0 Å². The van der Waals surface area contributed by atoms with Crippen LogP contribution in [-0.4, -0.2) is 46.0 Å². The van der Waals surface area contributed by atoms with Gasteiger partial charge in [-0.15, -0.1) is 0 Å². The summed E-state index contributed by atoms with van der Waals surface area (Å²) < 4.78 is -1.70. The average Bonchev–Trinajstić information content (AvgIpc) is 2.66. The van der Waals surface area contributed by atoms with Gasteiger partial charge in [-0.1, -0.05) is 71.6 Å². The Morgan fingerprint density at radius 1 is 1.07 bits per heavy atom. The largest absolute Gasteiger partial charge is 0.354 e. The Hall–Kier alpha value is -1.14. The molecule has 0 saturated carbocycles. The van der Waals surface area contributed by atoms with Gasteiger partial charge in [0.25, 0.3) is 0 Å². The quantitative estimate of drug-likeness (QED) is 0.692. The van der Waals surface area contributed by atoms with Crippen LogP contribution in [0.3, 0.4) is 0 Å². The van der Waals surface area contributed by atoms with E-state index in [1.54, 1.807) is 0 Å². The van der Waals surface area contributed by atoms with E-state index in [4.69, 9.17) is 34.8 Å². The second-order valence-electron chi connectivity index (χ2n) is 6.93. The van der Waals surface area contributed by atoms with E-state index in [9.17, 15) is 0 Å². The Morgan fingerprint density at radius 3 is 2.33 bits per heavy atom. The summed E-state index contributed by atoms with van der Waals surface area (Å²) in [5, 5.41) is 3.32. The molecule has 1 N–H and O–H groups in total. The second kappa shape index (κ2) is 8.91. The van der Waals surface area contributed by atoms with Crippen LogP contribution in [0.2, 0.25) is 0 Å². The zero-order chi connectivity index (χ0) is 19.4. The standard InChI is InChI=1S/C19H24Cl3N5/c1-3-27-10-8-14(9-11-27)12-23-18-25-16(15-6-4-13(2)5-7-15)24-17(26-18)19(20,21)22/h4-7,14H,3,8-12H2,1-2H3,(H,23,24,25,26). The van der Waals surface area contributed by atoms with Gasteiger partial charge in [-0.2, -0.15) is 9.97 Å². The summed E-state index contributed by atoms with van der Waals surface area (Å²) in [4.78, 5) is 15.7. The number of nitrogens with zero attached hydrogens (tertiary/aromatic N) is 4. The summed E-state index contributed by atoms with van der Waals surface area (Å²) in [7, 11) is 0. The van der Waals surface area contributed by atoms with Gasteiger partial charge in [0.1, 0.15) is 0 Å². The summed E-state index contributed by atoms with van der Waals surface area (Å²) in [5.41, 5.74) is 2.02. The van der Waals surface area contributed by atoms with Crippen LogP contribution in [0.1, 0.15) is 31.2 Å². The molecular weight excluding hydrogens is 405 g/mol. The van der Waals surface area contributed by atoms with Crippen LogP contribution < -0.4 is 5.32 Å². The molecule has 1 saturated heterocycles. The van der Waals surface area contributed by atoms with Crippen molar-refractivity contribution >= 4 is 40.8 Å². The Labute approximate surface area is 175 Å². The van der Waals surface area contributed by atoms with Crippen molar-refractivity contribution in [1.29, 1.82) is 0 Å². The monoisotopic (exact) mass is 427 g/mol. The smallest absolute Gasteiger partial charge is 0.250 e. The van der Waals surface area contributed by atoms with Crippen molar-refractivity contribution in [3.05, 3.63) is 35.7 Å². The third-order valence-electron chi connectivity index (χ3n) is 4.90. The minimum absolute atomic E-state index is 0.126. The van der Waals surface area contributed by atoms with E-state index in [0.717, 1.165) is 50.1 Å². The van der Waals surface area contributed by atoms with E-state index in [1.807, 2.05) is 31.2 Å². The highest BCUT2D eigenvalue weighted by molar-refractivity contribution is 6.66. The molecule has 1 fully saturated rings. The Morgan fingerprint density at radius 2 is 1.74 bits per heavy atom. The molecule has 1 aromatic heterocycles. The fourth-order valence-electron chi connectivity index (χ4n) is 3.16. The van der Waals surface area contributed by atoms with Gasteiger partial charge in [0, 0.05) is 12.1 Å². The first-order valence-electron chi connectivity index (χ1n) is 9.21. The second-order valence-corrected chi connectivity index (χ2v) is 9.21. The molecule has 0 atom stereocenters. The predicted molar refractivity (Wildman–Crippen MR) is 113 cm³/mol. The molecule has 5 nitrogen and oxygen atoms in total. The number of aromatic nitrogens is 3. The number of benzene rings is 1. The maximum atomic E-state index is 6.04. The number of likely N-dealkylation sites (tertiary alicyclic amines) is 1. The molecule has 1 aliphatic rings. The predicted octanol–water partition coefficient (Wildman–Crippen LogP) is 4.82. The fourth-order valence-corrected chi connectivity index (χ4v) is 3.41. The van der Waals surface area contributed by atoms with Crippen LogP contribution in [0, 0.1) is 12.8 Å². The van der Waals surface area contributed by atoms with Crippen LogP contribution in [0.5, 0.6) is 0 Å². The molecule has 0 radical (unpaired) electrons. The normalized spacial score (nSPS) is 16.5. The zero-order valence-corrected chi connectivity index (χ0v) is 17.8. The molecule has 146 valence electrons. The van der Waals surface area contributed by atoms with Gasteiger partial charge >= 0.3 is 0 Å². The van der Waals surface area contributed by atoms with E-state index >= 15 is 0 Å². The number of hydrogen-bond donors (Lipinski definition) is 1. The first kappa shape index (κ1) is 20.6. The summed E-state index contributed by atoms with van der Waals surface area (Å²) in [6, 6.07) is 7.92. The number of hydrogen-bond acceptors (Lipinski definition) is 5. The number of anilines is 1. The molecule has 1 aromatic carbocycles. The molecule has 0 bridgehead atoms. The van der Waals surface area contributed by atoms with Gasteiger partial charge in [0.2, 0.25) is 9.74 Å². The van der Waals surface area contributed by atoms with Gasteiger partial charge < -0.3 is 10.2 Å². The molecule has 0 unspecified atom stereocenters. The SMILES string of the molecule is CCN1CCC(CNc2nc(-c3ccc(C)cc3)nc(C(Cl)(Cl)Cl)n2)CC1. The number of aryl methyl sites for hydroxylation is 1. The number of alkyl halides is 3. The number of piperidine rings is 1.